The van der Waals surface area contributed by atoms with Gasteiger partial charge >= 0.3 is 0 Å². The van der Waals surface area contributed by atoms with E-state index in [0.29, 0.717) is 5.92 Å². The third-order valence-electron chi connectivity index (χ3n) is 4.89. The molecule has 0 spiro atoms. The molecule has 0 aliphatic heterocycles. The fourth-order valence-electron chi connectivity index (χ4n) is 3.74. The third kappa shape index (κ3) is 1.90. The molecule has 3 unspecified atom stereocenters. The van der Waals surface area contributed by atoms with Gasteiger partial charge in [-0.05, 0) is 67.5 Å². The van der Waals surface area contributed by atoms with Crippen LogP contribution in [0.4, 0.5) is 4.39 Å². The van der Waals surface area contributed by atoms with Crippen molar-refractivity contribution in [3.63, 3.8) is 0 Å². The van der Waals surface area contributed by atoms with Crippen LogP contribution in [0.3, 0.4) is 0 Å². The minimum atomic E-state index is -1.10. The van der Waals surface area contributed by atoms with Crippen molar-refractivity contribution in [1.82, 2.24) is 0 Å². The van der Waals surface area contributed by atoms with Crippen molar-refractivity contribution in [1.29, 1.82) is 0 Å². The molecule has 0 N–H and O–H groups in total. The number of aryl methyl sites for hydroxylation is 2. The van der Waals surface area contributed by atoms with Crippen LogP contribution in [0.2, 0.25) is 0 Å². The zero-order valence-electron chi connectivity index (χ0n) is 11.9. The van der Waals surface area contributed by atoms with Crippen molar-refractivity contribution in [2.75, 3.05) is 0 Å². The molecule has 0 radical (unpaired) electrons. The lowest BCUT2D eigenvalue weighted by atomic mass is 9.90. The molecule has 3 atom stereocenters. The van der Waals surface area contributed by atoms with Crippen LogP contribution in [-0.2, 0) is 22.0 Å². The standard InChI is InChI=1S/C18H17FOS/c1-12-2-9-17-13(10-12)3-4-14-11-18(14,17)21(20)16-7-5-15(19)6-8-16/h2,5-10,14H,3-4,11H2,1H3. The predicted octanol–water partition coefficient (Wildman–Crippen LogP) is 4.10. The second-order valence-electron chi connectivity index (χ2n) is 6.21. The lowest BCUT2D eigenvalue weighted by Crippen LogP contribution is -2.23. The Bertz CT molecular complexity index is 737. The molecule has 108 valence electrons. The van der Waals surface area contributed by atoms with Gasteiger partial charge in [-0.3, -0.25) is 4.21 Å². The molecular formula is C18H17FOS. The van der Waals surface area contributed by atoms with Crippen LogP contribution in [0.1, 0.15) is 29.5 Å². The van der Waals surface area contributed by atoms with Crippen LogP contribution in [0.15, 0.2) is 47.4 Å². The highest BCUT2D eigenvalue weighted by Crippen LogP contribution is 2.63. The van der Waals surface area contributed by atoms with E-state index >= 15 is 0 Å². The van der Waals surface area contributed by atoms with Crippen LogP contribution in [0, 0.1) is 18.7 Å². The maximum Gasteiger partial charge on any atom is 0.123 e. The minimum Gasteiger partial charge on any atom is -0.253 e. The van der Waals surface area contributed by atoms with E-state index in [1.807, 2.05) is 0 Å². The van der Waals surface area contributed by atoms with E-state index in [0.717, 1.165) is 24.2 Å². The van der Waals surface area contributed by atoms with Crippen LogP contribution < -0.4 is 0 Å². The van der Waals surface area contributed by atoms with Gasteiger partial charge in [0.15, 0.2) is 0 Å². The van der Waals surface area contributed by atoms with Crippen molar-refractivity contribution >= 4 is 10.8 Å². The summed E-state index contributed by atoms with van der Waals surface area (Å²) in [4.78, 5) is 0.743. The van der Waals surface area contributed by atoms with Crippen LogP contribution >= 0.6 is 0 Å². The quantitative estimate of drug-likeness (QED) is 0.816. The Morgan fingerprint density at radius 1 is 1.19 bits per heavy atom. The van der Waals surface area contributed by atoms with Gasteiger partial charge in [-0.15, -0.1) is 0 Å². The van der Waals surface area contributed by atoms with E-state index in [9.17, 15) is 8.60 Å². The molecule has 2 aromatic rings. The van der Waals surface area contributed by atoms with E-state index in [2.05, 4.69) is 25.1 Å². The Morgan fingerprint density at radius 2 is 1.95 bits per heavy atom. The van der Waals surface area contributed by atoms with Gasteiger partial charge in [-0.25, -0.2) is 4.39 Å². The predicted molar refractivity (Wildman–Crippen MR) is 82.1 cm³/mol. The largest absolute Gasteiger partial charge is 0.253 e. The Kier molecular flexibility index (Phi) is 2.83. The summed E-state index contributed by atoms with van der Waals surface area (Å²) in [6.45, 7) is 2.10. The SMILES string of the molecule is Cc1ccc2c(c1)CCC1CC21S(=O)c1ccc(F)cc1. The molecule has 2 aliphatic rings. The average Bonchev–Trinajstić information content (AvgIpc) is 3.23. The lowest BCUT2D eigenvalue weighted by Gasteiger charge is -2.25. The monoisotopic (exact) mass is 300 g/mol. The highest BCUT2D eigenvalue weighted by Gasteiger charge is 2.62. The van der Waals surface area contributed by atoms with Crippen molar-refractivity contribution in [2.24, 2.45) is 5.92 Å². The summed E-state index contributed by atoms with van der Waals surface area (Å²) < 4.78 is 26.0. The van der Waals surface area contributed by atoms with Crippen LogP contribution in [0.25, 0.3) is 0 Å². The Balaban J connectivity index is 1.80. The first kappa shape index (κ1) is 13.2. The van der Waals surface area contributed by atoms with Crippen molar-refractivity contribution in [2.45, 2.75) is 35.8 Å². The summed E-state index contributed by atoms with van der Waals surface area (Å²) in [6, 6.07) is 12.6. The molecule has 4 rings (SSSR count). The highest BCUT2D eigenvalue weighted by molar-refractivity contribution is 7.86. The normalized spacial score (nSPS) is 27.6. The highest BCUT2D eigenvalue weighted by atomic mass is 32.2. The van der Waals surface area contributed by atoms with Gasteiger partial charge in [0.2, 0.25) is 0 Å². The minimum absolute atomic E-state index is 0.223. The van der Waals surface area contributed by atoms with Gasteiger partial charge < -0.3 is 0 Å². The Hall–Kier alpha value is -1.48. The van der Waals surface area contributed by atoms with Crippen LogP contribution in [-0.4, -0.2) is 4.21 Å². The van der Waals surface area contributed by atoms with Crippen molar-refractivity contribution in [3.05, 3.63) is 65.0 Å². The summed E-state index contributed by atoms with van der Waals surface area (Å²) in [6.07, 6.45) is 3.19. The average molecular weight is 300 g/mol. The summed E-state index contributed by atoms with van der Waals surface area (Å²) >= 11 is 0. The maximum atomic E-state index is 13.1. The molecule has 2 aliphatic carbocycles. The molecular weight excluding hydrogens is 283 g/mol. The molecule has 0 saturated heterocycles. The zero-order chi connectivity index (χ0) is 14.6. The fourth-order valence-corrected chi connectivity index (χ4v) is 5.72. The molecule has 0 aromatic heterocycles. The Labute approximate surface area is 126 Å². The molecule has 3 heteroatoms. The fraction of sp³-hybridized carbons (Fsp3) is 0.333. The van der Waals surface area contributed by atoms with Gasteiger partial charge in [0.25, 0.3) is 0 Å². The first-order valence-corrected chi connectivity index (χ1v) is 8.54. The first-order chi connectivity index (χ1) is 10.1. The molecule has 2 aromatic carbocycles. The molecule has 0 bridgehead atoms. The maximum absolute atomic E-state index is 13.1. The number of halogens is 1. The van der Waals surface area contributed by atoms with Crippen LogP contribution in [0.5, 0.6) is 0 Å². The number of hydrogen-bond acceptors (Lipinski definition) is 1. The molecule has 1 saturated carbocycles. The molecule has 1 fully saturated rings. The number of benzene rings is 2. The number of hydrogen-bond donors (Lipinski definition) is 0. The smallest absolute Gasteiger partial charge is 0.123 e. The van der Waals surface area contributed by atoms with E-state index < -0.39 is 10.8 Å². The topological polar surface area (TPSA) is 17.1 Å². The second-order valence-corrected chi connectivity index (χ2v) is 7.95. The number of fused-ring (bicyclic) bond motifs is 3. The lowest BCUT2D eigenvalue weighted by molar-refractivity contribution is 0.613. The van der Waals surface area contributed by atoms with Gasteiger partial charge in [0.05, 0.1) is 15.5 Å². The van der Waals surface area contributed by atoms with E-state index in [1.54, 1.807) is 12.1 Å². The van der Waals surface area contributed by atoms with Gasteiger partial charge in [0, 0.05) is 4.90 Å². The molecule has 1 nitrogen and oxygen atoms in total. The van der Waals surface area contributed by atoms with Gasteiger partial charge in [0.1, 0.15) is 5.82 Å². The molecule has 0 heterocycles. The van der Waals surface area contributed by atoms with Crippen molar-refractivity contribution in [3.8, 4) is 0 Å². The summed E-state index contributed by atoms with van der Waals surface area (Å²) in [5.74, 6) is 0.235. The van der Waals surface area contributed by atoms with Gasteiger partial charge in [-0.1, -0.05) is 23.8 Å². The van der Waals surface area contributed by atoms with E-state index in [4.69, 9.17) is 0 Å². The molecule has 0 amide bonds. The number of rotatable bonds is 2. The summed E-state index contributed by atoms with van der Waals surface area (Å²) in [5, 5.41) is 0. The van der Waals surface area contributed by atoms with Gasteiger partial charge in [-0.2, -0.15) is 0 Å². The molecule has 21 heavy (non-hydrogen) atoms. The third-order valence-corrected chi connectivity index (χ3v) is 6.97. The van der Waals surface area contributed by atoms with E-state index in [-0.39, 0.29) is 10.6 Å². The first-order valence-electron chi connectivity index (χ1n) is 7.39. The summed E-state index contributed by atoms with van der Waals surface area (Å²) in [7, 11) is -1.10. The Morgan fingerprint density at radius 3 is 2.71 bits per heavy atom. The summed E-state index contributed by atoms with van der Waals surface area (Å²) in [5.41, 5.74) is 3.86. The van der Waals surface area contributed by atoms with E-state index in [1.165, 1.54) is 28.8 Å². The second kappa shape index (κ2) is 4.51. The van der Waals surface area contributed by atoms with Crippen molar-refractivity contribution < 1.29 is 8.60 Å². The zero-order valence-corrected chi connectivity index (χ0v) is 12.8.